The molecule has 2 heterocycles. The number of furan rings is 1. The number of hydrogen-bond donors (Lipinski definition) is 1. The van der Waals surface area contributed by atoms with Gasteiger partial charge in [0.05, 0.1) is 16.6 Å². The molecule has 0 aliphatic carbocycles. The summed E-state index contributed by atoms with van der Waals surface area (Å²) in [6.45, 7) is 1.03. The number of amides is 1. The molecule has 1 aromatic heterocycles. The molecule has 0 saturated carbocycles. The van der Waals surface area contributed by atoms with Gasteiger partial charge in [0.2, 0.25) is 0 Å². The minimum Gasteiger partial charge on any atom is -0.456 e. The summed E-state index contributed by atoms with van der Waals surface area (Å²) in [4.78, 5) is 22.8. The molecule has 8 nitrogen and oxygen atoms in total. The number of nitro benzene ring substituents is 1. The van der Waals surface area contributed by atoms with E-state index in [-0.39, 0.29) is 28.9 Å². The van der Waals surface area contributed by atoms with Crippen LogP contribution in [0.1, 0.15) is 18.6 Å². The average molecular weight is 367 g/mol. The first-order valence-electron chi connectivity index (χ1n) is 8.43. The highest BCUT2D eigenvalue weighted by Gasteiger charge is 2.19. The SMILES string of the molecule is N#C/C(=C/c1ccc(-c2ccccc2[N+](=O)[O-])o1)C(=O)NC[C@H]1CCCO1. The topological polar surface area (TPSA) is 118 Å². The monoisotopic (exact) mass is 367 g/mol. The molecule has 1 atom stereocenters. The van der Waals surface area contributed by atoms with Crippen LogP contribution in [-0.2, 0) is 9.53 Å². The van der Waals surface area contributed by atoms with Crippen molar-refractivity contribution < 1.29 is 18.9 Å². The summed E-state index contributed by atoms with van der Waals surface area (Å²) in [5, 5.41) is 23.1. The Morgan fingerprint density at radius 1 is 1.37 bits per heavy atom. The second-order valence-corrected chi connectivity index (χ2v) is 5.99. The highest BCUT2D eigenvalue weighted by Crippen LogP contribution is 2.31. The highest BCUT2D eigenvalue weighted by atomic mass is 16.6. The van der Waals surface area contributed by atoms with Crippen LogP contribution < -0.4 is 5.32 Å². The van der Waals surface area contributed by atoms with Crippen LogP contribution in [-0.4, -0.2) is 30.1 Å². The van der Waals surface area contributed by atoms with Crippen LogP contribution in [0, 0.1) is 21.4 Å². The lowest BCUT2D eigenvalue weighted by Crippen LogP contribution is -2.32. The van der Waals surface area contributed by atoms with Crippen molar-refractivity contribution in [2.24, 2.45) is 0 Å². The first-order valence-corrected chi connectivity index (χ1v) is 8.43. The van der Waals surface area contributed by atoms with Crippen molar-refractivity contribution >= 4 is 17.7 Å². The van der Waals surface area contributed by atoms with Crippen LogP contribution in [0.5, 0.6) is 0 Å². The fourth-order valence-corrected chi connectivity index (χ4v) is 2.81. The molecule has 0 bridgehead atoms. The Hall–Kier alpha value is -3.44. The van der Waals surface area contributed by atoms with Gasteiger partial charge in [-0.2, -0.15) is 5.26 Å². The summed E-state index contributed by atoms with van der Waals surface area (Å²) in [7, 11) is 0. The minimum atomic E-state index is -0.517. The second-order valence-electron chi connectivity index (χ2n) is 5.99. The van der Waals surface area contributed by atoms with Crippen LogP contribution in [0.2, 0.25) is 0 Å². The van der Waals surface area contributed by atoms with E-state index in [4.69, 9.17) is 9.15 Å². The standard InChI is InChI=1S/C19H17N3O5/c20-11-13(19(23)21-12-15-4-3-9-26-15)10-14-7-8-18(27-14)16-5-1-2-6-17(16)22(24)25/h1-2,5-8,10,15H,3-4,9,12H2,(H,21,23)/b13-10-/t15-/m1/s1. The number of ether oxygens (including phenoxy) is 1. The van der Waals surface area contributed by atoms with Gasteiger partial charge in [0.15, 0.2) is 0 Å². The predicted molar refractivity (Wildman–Crippen MR) is 96.4 cm³/mol. The lowest BCUT2D eigenvalue weighted by molar-refractivity contribution is -0.384. The third kappa shape index (κ3) is 4.40. The molecule has 0 unspecified atom stereocenters. The Balaban J connectivity index is 1.75. The number of benzene rings is 1. The van der Waals surface area contributed by atoms with Crippen LogP contribution in [0.3, 0.4) is 0 Å². The predicted octanol–water partition coefficient (Wildman–Crippen LogP) is 3.06. The van der Waals surface area contributed by atoms with E-state index in [1.54, 1.807) is 30.3 Å². The maximum atomic E-state index is 12.2. The Kier molecular flexibility index (Phi) is 5.64. The number of hydrogen-bond acceptors (Lipinski definition) is 6. The molecule has 3 rings (SSSR count). The summed E-state index contributed by atoms with van der Waals surface area (Å²) in [5.41, 5.74) is 0.122. The second kappa shape index (κ2) is 8.29. The molecule has 1 aliphatic rings. The van der Waals surface area contributed by atoms with Crippen molar-refractivity contribution in [2.45, 2.75) is 18.9 Å². The van der Waals surface area contributed by atoms with Crippen LogP contribution in [0.25, 0.3) is 17.4 Å². The van der Waals surface area contributed by atoms with E-state index in [1.165, 1.54) is 12.1 Å². The molecule has 0 radical (unpaired) electrons. The Bertz CT molecular complexity index is 919. The van der Waals surface area contributed by atoms with Gasteiger partial charge in [-0.05, 0) is 31.0 Å². The van der Waals surface area contributed by atoms with E-state index in [0.717, 1.165) is 12.8 Å². The van der Waals surface area contributed by atoms with Crippen molar-refractivity contribution in [1.29, 1.82) is 5.26 Å². The van der Waals surface area contributed by atoms with Crippen molar-refractivity contribution in [2.75, 3.05) is 13.2 Å². The molecule has 1 N–H and O–H groups in total. The first-order chi connectivity index (χ1) is 13.1. The van der Waals surface area contributed by atoms with Crippen LogP contribution in [0.4, 0.5) is 5.69 Å². The number of carbonyl (C=O) groups is 1. The van der Waals surface area contributed by atoms with E-state index in [1.807, 2.05) is 6.07 Å². The highest BCUT2D eigenvalue weighted by molar-refractivity contribution is 6.01. The third-order valence-electron chi connectivity index (χ3n) is 4.16. The van der Waals surface area contributed by atoms with Gasteiger partial charge in [-0.15, -0.1) is 0 Å². The van der Waals surface area contributed by atoms with Crippen molar-refractivity contribution in [3.63, 3.8) is 0 Å². The van der Waals surface area contributed by atoms with Crippen molar-refractivity contribution in [1.82, 2.24) is 5.32 Å². The Labute approximate surface area is 155 Å². The largest absolute Gasteiger partial charge is 0.456 e. The third-order valence-corrected chi connectivity index (χ3v) is 4.16. The number of para-hydroxylation sites is 1. The molecule has 1 aliphatic heterocycles. The molecule has 27 heavy (non-hydrogen) atoms. The summed E-state index contributed by atoms with van der Waals surface area (Å²) in [6, 6.07) is 11.1. The Morgan fingerprint density at radius 2 is 2.19 bits per heavy atom. The van der Waals surface area contributed by atoms with E-state index < -0.39 is 10.8 Å². The fourth-order valence-electron chi connectivity index (χ4n) is 2.81. The van der Waals surface area contributed by atoms with Gasteiger partial charge in [0, 0.05) is 25.3 Å². The number of nitrogens with one attached hydrogen (secondary N) is 1. The van der Waals surface area contributed by atoms with Gasteiger partial charge < -0.3 is 14.5 Å². The average Bonchev–Trinajstić information content (AvgIpc) is 3.36. The van der Waals surface area contributed by atoms with Crippen LogP contribution >= 0.6 is 0 Å². The zero-order valence-electron chi connectivity index (χ0n) is 14.4. The summed E-state index contributed by atoms with van der Waals surface area (Å²) in [5.74, 6) is 0.0224. The molecule has 0 spiro atoms. The van der Waals surface area contributed by atoms with E-state index >= 15 is 0 Å². The van der Waals surface area contributed by atoms with Crippen molar-refractivity contribution in [3.8, 4) is 17.4 Å². The lowest BCUT2D eigenvalue weighted by Gasteiger charge is -2.09. The molecule has 2 aromatic rings. The maximum absolute atomic E-state index is 12.2. The normalized spacial score (nSPS) is 16.7. The minimum absolute atomic E-state index is 0.0252. The van der Waals surface area contributed by atoms with Gasteiger partial charge in [-0.3, -0.25) is 14.9 Å². The summed E-state index contributed by atoms with van der Waals surface area (Å²) in [6.07, 6.45) is 3.12. The molecule has 138 valence electrons. The lowest BCUT2D eigenvalue weighted by atomic mass is 10.1. The quantitative estimate of drug-likeness (QED) is 0.363. The van der Waals surface area contributed by atoms with E-state index in [0.29, 0.717) is 18.7 Å². The van der Waals surface area contributed by atoms with E-state index in [9.17, 15) is 20.2 Å². The zero-order chi connectivity index (χ0) is 19.2. The van der Waals surface area contributed by atoms with Gasteiger partial charge in [-0.25, -0.2) is 0 Å². The molecule has 1 amide bonds. The number of nitriles is 1. The Morgan fingerprint density at radius 3 is 2.89 bits per heavy atom. The van der Waals surface area contributed by atoms with E-state index in [2.05, 4.69) is 5.32 Å². The molecular weight excluding hydrogens is 350 g/mol. The molecule has 8 heteroatoms. The van der Waals surface area contributed by atoms with Gasteiger partial charge in [-0.1, -0.05) is 12.1 Å². The fraction of sp³-hybridized carbons (Fsp3) is 0.263. The molecule has 1 fully saturated rings. The number of carbonyl (C=O) groups excluding carboxylic acids is 1. The molecule has 1 aromatic carbocycles. The number of nitro groups is 1. The molecular formula is C19H17N3O5. The zero-order valence-corrected chi connectivity index (χ0v) is 14.4. The van der Waals surface area contributed by atoms with Crippen LogP contribution in [0.15, 0.2) is 46.4 Å². The van der Waals surface area contributed by atoms with Gasteiger partial charge >= 0.3 is 0 Å². The number of rotatable bonds is 6. The maximum Gasteiger partial charge on any atom is 0.280 e. The summed E-state index contributed by atoms with van der Waals surface area (Å²) >= 11 is 0. The summed E-state index contributed by atoms with van der Waals surface area (Å²) < 4.78 is 11.0. The molecule has 1 saturated heterocycles. The van der Waals surface area contributed by atoms with Crippen molar-refractivity contribution in [3.05, 3.63) is 57.8 Å². The number of nitrogens with zero attached hydrogens (tertiary/aromatic N) is 2. The first kappa shape index (κ1) is 18.4. The van der Waals surface area contributed by atoms with Gasteiger partial charge in [0.1, 0.15) is 23.2 Å². The van der Waals surface area contributed by atoms with Gasteiger partial charge in [0.25, 0.3) is 11.6 Å². The smallest absolute Gasteiger partial charge is 0.280 e.